The molecular weight excluding hydrogens is 242 g/mol. The number of benzene rings is 1. The monoisotopic (exact) mass is 250 g/mol. The molecule has 0 aliphatic heterocycles. The summed E-state index contributed by atoms with van der Waals surface area (Å²) in [5.41, 5.74) is -1.30. The Kier molecular flexibility index (Phi) is 3.27. The van der Waals surface area contributed by atoms with Gasteiger partial charge in [-0.1, -0.05) is 6.07 Å². The molecule has 2 rings (SSSR count). The highest BCUT2D eigenvalue weighted by atomic mass is 19.1. The molecule has 1 heterocycles. The molecule has 0 N–H and O–H groups in total. The number of aromatic nitrogens is 2. The van der Waals surface area contributed by atoms with Crippen LogP contribution >= 0.6 is 0 Å². The first-order chi connectivity index (χ1) is 8.59. The van der Waals surface area contributed by atoms with Crippen molar-refractivity contribution in [2.75, 3.05) is 0 Å². The van der Waals surface area contributed by atoms with Crippen LogP contribution in [-0.4, -0.2) is 15.3 Å². The molecule has 0 fully saturated rings. The molecule has 6 heteroatoms. The van der Waals surface area contributed by atoms with E-state index in [9.17, 15) is 18.4 Å². The Bertz CT molecular complexity index is 632. The third kappa shape index (κ3) is 2.32. The lowest BCUT2D eigenvalue weighted by Crippen LogP contribution is -2.26. The van der Waals surface area contributed by atoms with Crippen molar-refractivity contribution in [3.63, 3.8) is 0 Å². The SMILES string of the molecule is O=C(Cn1cccnc1=O)c1c(F)cccc1F. The predicted octanol–water partition coefficient (Wildman–Crippen LogP) is 1.40. The average molecular weight is 250 g/mol. The summed E-state index contributed by atoms with van der Waals surface area (Å²) in [6.45, 7) is -0.454. The van der Waals surface area contributed by atoms with E-state index in [1.54, 1.807) is 0 Å². The number of hydrogen-bond donors (Lipinski definition) is 0. The molecule has 92 valence electrons. The van der Waals surface area contributed by atoms with Gasteiger partial charge in [0, 0.05) is 12.4 Å². The Balaban J connectivity index is 2.34. The number of ketones is 1. The number of hydrogen-bond acceptors (Lipinski definition) is 3. The van der Waals surface area contributed by atoms with Gasteiger partial charge in [0.2, 0.25) is 0 Å². The quantitative estimate of drug-likeness (QED) is 0.774. The number of rotatable bonds is 3. The van der Waals surface area contributed by atoms with Crippen LogP contribution in [0, 0.1) is 11.6 Å². The third-order valence-corrected chi connectivity index (χ3v) is 2.34. The normalized spacial score (nSPS) is 10.3. The highest BCUT2D eigenvalue weighted by Crippen LogP contribution is 2.13. The molecular formula is C12H8F2N2O2. The van der Waals surface area contributed by atoms with E-state index in [1.807, 2.05) is 0 Å². The molecule has 0 atom stereocenters. The zero-order valence-electron chi connectivity index (χ0n) is 9.14. The van der Waals surface area contributed by atoms with Crippen LogP contribution in [0.1, 0.15) is 10.4 Å². The van der Waals surface area contributed by atoms with E-state index in [4.69, 9.17) is 0 Å². The Morgan fingerprint density at radius 3 is 2.50 bits per heavy atom. The predicted molar refractivity (Wildman–Crippen MR) is 59.2 cm³/mol. The van der Waals surface area contributed by atoms with E-state index in [-0.39, 0.29) is 0 Å². The first-order valence-corrected chi connectivity index (χ1v) is 5.08. The molecule has 0 saturated heterocycles. The van der Waals surface area contributed by atoms with Crippen molar-refractivity contribution in [3.8, 4) is 0 Å². The highest BCUT2D eigenvalue weighted by Gasteiger charge is 2.17. The van der Waals surface area contributed by atoms with Crippen LogP contribution < -0.4 is 5.69 Å². The molecule has 0 radical (unpaired) electrons. The lowest BCUT2D eigenvalue weighted by Gasteiger charge is -2.05. The second-order valence-electron chi connectivity index (χ2n) is 3.55. The van der Waals surface area contributed by atoms with Gasteiger partial charge in [-0.3, -0.25) is 9.36 Å². The van der Waals surface area contributed by atoms with E-state index in [2.05, 4.69) is 4.98 Å². The van der Waals surface area contributed by atoms with Crippen LogP contribution in [0.4, 0.5) is 8.78 Å². The molecule has 0 spiro atoms. The van der Waals surface area contributed by atoms with E-state index in [1.165, 1.54) is 18.5 Å². The molecule has 0 bridgehead atoms. The van der Waals surface area contributed by atoms with Crippen LogP contribution in [0.3, 0.4) is 0 Å². The van der Waals surface area contributed by atoms with Gasteiger partial charge in [0.15, 0.2) is 5.78 Å². The largest absolute Gasteiger partial charge is 0.347 e. The van der Waals surface area contributed by atoms with Gasteiger partial charge in [-0.05, 0) is 18.2 Å². The zero-order valence-corrected chi connectivity index (χ0v) is 9.14. The number of halogens is 2. The Labute approximate surface area is 101 Å². The fraction of sp³-hybridized carbons (Fsp3) is 0.0833. The van der Waals surface area contributed by atoms with E-state index in [0.29, 0.717) is 0 Å². The Morgan fingerprint density at radius 1 is 1.22 bits per heavy atom. The second-order valence-corrected chi connectivity index (χ2v) is 3.55. The molecule has 2 aromatic rings. The summed E-state index contributed by atoms with van der Waals surface area (Å²) in [4.78, 5) is 26.4. The lowest BCUT2D eigenvalue weighted by atomic mass is 10.1. The fourth-order valence-electron chi connectivity index (χ4n) is 1.51. The Morgan fingerprint density at radius 2 is 1.89 bits per heavy atom. The number of nitrogens with zero attached hydrogens (tertiary/aromatic N) is 2. The van der Waals surface area contributed by atoms with Crippen LogP contribution in [0.15, 0.2) is 41.5 Å². The standard InChI is InChI=1S/C12H8F2N2O2/c13-8-3-1-4-9(14)11(8)10(17)7-16-6-2-5-15-12(16)18/h1-6H,7H2. The van der Waals surface area contributed by atoms with Crippen molar-refractivity contribution in [1.29, 1.82) is 0 Å². The molecule has 18 heavy (non-hydrogen) atoms. The summed E-state index contributed by atoms with van der Waals surface area (Å²) < 4.78 is 27.7. The minimum atomic E-state index is -0.947. The number of carbonyl (C=O) groups excluding carboxylic acids is 1. The second kappa shape index (κ2) is 4.87. The summed E-state index contributed by atoms with van der Waals surface area (Å²) in [6.07, 6.45) is 2.60. The summed E-state index contributed by atoms with van der Waals surface area (Å²) in [7, 11) is 0. The molecule has 1 aromatic carbocycles. The van der Waals surface area contributed by atoms with Gasteiger partial charge in [0.05, 0.1) is 12.1 Å². The van der Waals surface area contributed by atoms with Gasteiger partial charge in [-0.15, -0.1) is 0 Å². The first kappa shape index (κ1) is 12.1. The van der Waals surface area contributed by atoms with Gasteiger partial charge in [-0.2, -0.15) is 0 Å². The average Bonchev–Trinajstić information content (AvgIpc) is 2.32. The highest BCUT2D eigenvalue weighted by molar-refractivity contribution is 5.96. The summed E-state index contributed by atoms with van der Waals surface area (Å²) in [5, 5.41) is 0. The van der Waals surface area contributed by atoms with Crippen molar-refractivity contribution < 1.29 is 13.6 Å². The molecule has 0 saturated carbocycles. The topological polar surface area (TPSA) is 52.0 Å². The van der Waals surface area contributed by atoms with Gasteiger partial charge < -0.3 is 0 Å². The molecule has 1 aromatic heterocycles. The fourth-order valence-corrected chi connectivity index (χ4v) is 1.51. The van der Waals surface area contributed by atoms with Crippen LogP contribution in [-0.2, 0) is 6.54 Å². The molecule has 0 amide bonds. The number of carbonyl (C=O) groups is 1. The minimum Gasteiger partial charge on any atom is -0.292 e. The minimum absolute atomic E-state index is 0.454. The summed E-state index contributed by atoms with van der Waals surface area (Å²) in [6, 6.07) is 4.59. The van der Waals surface area contributed by atoms with Gasteiger partial charge >= 0.3 is 5.69 Å². The van der Waals surface area contributed by atoms with Crippen LogP contribution in [0.25, 0.3) is 0 Å². The molecule has 0 aliphatic carbocycles. The van der Waals surface area contributed by atoms with Crippen molar-refractivity contribution in [1.82, 2.24) is 9.55 Å². The van der Waals surface area contributed by atoms with Crippen molar-refractivity contribution in [2.45, 2.75) is 6.54 Å². The summed E-state index contributed by atoms with van der Waals surface area (Å²) in [5.74, 6) is -2.71. The lowest BCUT2D eigenvalue weighted by molar-refractivity contribution is 0.0962. The van der Waals surface area contributed by atoms with E-state index in [0.717, 1.165) is 22.8 Å². The maximum Gasteiger partial charge on any atom is 0.347 e. The summed E-state index contributed by atoms with van der Waals surface area (Å²) >= 11 is 0. The number of Topliss-reactive ketones (excluding diaryl/α,β-unsaturated/α-hetero) is 1. The van der Waals surface area contributed by atoms with Gasteiger partial charge in [-0.25, -0.2) is 18.6 Å². The third-order valence-electron chi connectivity index (χ3n) is 2.34. The molecule has 0 unspecified atom stereocenters. The van der Waals surface area contributed by atoms with Crippen molar-refractivity contribution in [2.24, 2.45) is 0 Å². The molecule has 0 aliphatic rings. The maximum absolute atomic E-state index is 13.3. The van der Waals surface area contributed by atoms with E-state index >= 15 is 0 Å². The van der Waals surface area contributed by atoms with Crippen molar-refractivity contribution >= 4 is 5.78 Å². The first-order valence-electron chi connectivity index (χ1n) is 5.08. The smallest absolute Gasteiger partial charge is 0.292 e. The van der Waals surface area contributed by atoms with E-state index < -0.39 is 35.2 Å². The Hall–Kier alpha value is -2.37. The van der Waals surface area contributed by atoms with Gasteiger partial charge in [0.1, 0.15) is 11.6 Å². The molecule has 4 nitrogen and oxygen atoms in total. The van der Waals surface area contributed by atoms with Crippen molar-refractivity contribution in [3.05, 3.63) is 64.3 Å². The van der Waals surface area contributed by atoms with Crippen LogP contribution in [0.2, 0.25) is 0 Å². The van der Waals surface area contributed by atoms with Gasteiger partial charge in [0.25, 0.3) is 0 Å². The zero-order chi connectivity index (χ0) is 13.1. The van der Waals surface area contributed by atoms with Crippen LogP contribution in [0.5, 0.6) is 0 Å². The maximum atomic E-state index is 13.3.